The highest BCUT2D eigenvalue weighted by molar-refractivity contribution is 5.97. The van der Waals surface area contributed by atoms with E-state index >= 15 is 0 Å². The summed E-state index contributed by atoms with van der Waals surface area (Å²) in [4.78, 5) is 52.8. The zero-order chi connectivity index (χ0) is 26.8. The van der Waals surface area contributed by atoms with E-state index in [1.807, 2.05) is 6.07 Å². The van der Waals surface area contributed by atoms with Gasteiger partial charge >= 0.3 is 5.97 Å². The molecule has 0 radical (unpaired) electrons. The summed E-state index contributed by atoms with van der Waals surface area (Å²) in [5, 5.41) is 0. The first-order valence-corrected chi connectivity index (χ1v) is 14.2. The third kappa shape index (κ3) is 3.82. The Morgan fingerprint density at radius 2 is 1.92 bits per heavy atom. The van der Waals surface area contributed by atoms with E-state index in [9.17, 15) is 19.2 Å². The average molecular weight is 516 g/mol. The molecule has 1 heterocycles. The number of hydrogen-bond acceptors (Lipinski definition) is 5. The Labute approximate surface area is 224 Å². The van der Waals surface area contributed by atoms with Crippen LogP contribution in [0.3, 0.4) is 0 Å². The Balaban J connectivity index is 1.36. The van der Waals surface area contributed by atoms with Crippen molar-refractivity contribution in [3.05, 3.63) is 53.6 Å². The summed E-state index contributed by atoms with van der Waals surface area (Å²) in [6.45, 7) is 6.81. The fourth-order valence-electron chi connectivity index (χ4n) is 8.80. The lowest BCUT2D eigenvalue weighted by atomic mass is 9.47. The van der Waals surface area contributed by atoms with Crippen molar-refractivity contribution in [2.75, 3.05) is 11.4 Å². The van der Waals surface area contributed by atoms with E-state index in [4.69, 9.17) is 4.74 Å². The number of carbonyl (C=O) groups is 4. The molecule has 6 heteroatoms. The van der Waals surface area contributed by atoms with Gasteiger partial charge < -0.3 is 9.64 Å². The molecule has 1 aromatic carbocycles. The molecule has 6 nitrogen and oxygen atoms in total. The summed E-state index contributed by atoms with van der Waals surface area (Å²) in [5.74, 6) is 0.587. The molecule has 5 aliphatic rings. The maximum Gasteiger partial charge on any atom is 0.338 e. The number of hydrogen-bond donors (Lipinski definition) is 0. The number of anilines is 1. The van der Waals surface area contributed by atoms with Crippen molar-refractivity contribution in [2.24, 2.45) is 34.5 Å². The van der Waals surface area contributed by atoms with Crippen molar-refractivity contribution >= 4 is 29.1 Å². The van der Waals surface area contributed by atoms with Crippen LogP contribution in [-0.4, -0.2) is 36.1 Å². The van der Waals surface area contributed by atoms with Gasteiger partial charge in [0.25, 0.3) is 0 Å². The number of benzene rings is 1. The topological polar surface area (TPSA) is 80.8 Å². The number of nitrogens with zero attached hydrogens (tertiary/aromatic N) is 1. The Hall–Kier alpha value is -3.02. The van der Waals surface area contributed by atoms with E-state index in [0.29, 0.717) is 37.3 Å². The van der Waals surface area contributed by atoms with Crippen molar-refractivity contribution < 1.29 is 23.9 Å². The van der Waals surface area contributed by atoms with Gasteiger partial charge in [0.15, 0.2) is 5.78 Å². The number of ether oxygens (including phenoxy) is 1. The first-order valence-electron chi connectivity index (χ1n) is 14.2. The molecular weight excluding hydrogens is 478 g/mol. The number of allylic oxidation sites excluding steroid dienone is 4. The van der Waals surface area contributed by atoms with E-state index in [1.165, 1.54) is 0 Å². The van der Waals surface area contributed by atoms with E-state index in [-0.39, 0.29) is 52.2 Å². The summed E-state index contributed by atoms with van der Waals surface area (Å²) >= 11 is 0. The average Bonchev–Trinajstić information content (AvgIpc) is 3.46. The van der Waals surface area contributed by atoms with Gasteiger partial charge in [-0.1, -0.05) is 32.1 Å². The molecule has 3 fully saturated rings. The minimum atomic E-state index is -0.391. The van der Waals surface area contributed by atoms with Crippen LogP contribution in [0.5, 0.6) is 0 Å². The maximum absolute atomic E-state index is 13.7. The molecule has 0 aromatic heterocycles. The molecule has 0 spiro atoms. The second-order valence-corrected chi connectivity index (χ2v) is 12.6. The summed E-state index contributed by atoms with van der Waals surface area (Å²) in [7, 11) is 0. The Morgan fingerprint density at radius 3 is 2.66 bits per heavy atom. The molecule has 2 saturated carbocycles. The molecule has 200 valence electrons. The number of carbonyl (C=O) groups excluding carboxylic acids is 4. The maximum atomic E-state index is 13.7. The second-order valence-electron chi connectivity index (χ2n) is 12.6. The van der Waals surface area contributed by atoms with Crippen LogP contribution >= 0.6 is 0 Å². The predicted octanol–water partition coefficient (Wildman–Crippen LogP) is 5.46. The number of esters is 1. The summed E-state index contributed by atoms with van der Waals surface area (Å²) < 4.78 is 6.43. The van der Waals surface area contributed by atoms with Crippen LogP contribution in [0.4, 0.5) is 5.69 Å². The minimum absolute atomic E-state index is 0.0368. The van der Waals surface area contributed by atoms with Crippen molar-refractivity contribution in [3.8, 4) is 0 Å². The molecule has 1 aliphatic heterocycles. The van der Waals surface area contributed by atoms with Crippen LogP contribution in [0.2, 0.25) is 0 Å². The molecular formula is C32H37NO5. The van der Waals surface area contributed by atoms with Gasteiger partial charge in [-0.15, -0.1) is 0 Å². The van der Waals surface area contributed by atoms with Crippen LogP contribution in [0, 0.1) is 34.5 Å². The summed E-state index contributed by atoms with van der Waals surface area (Å²) in [6, 6.07) is 7.18. The van der Waals surface area contributed by atoms with Crippen LogP contribution in [0.15, 0.2) is 48.1 Å². The predicted molar refractivity (Wildman–Crippen MR) is 143 cm³/mol. The van der Waals surface area contributed by atoms with Gasteiger partial charge in [0.2, 0.25) is 5.91 Å². The smallest absolute Gasteiger partial charge is 0.338 e. The van der Waals surface area contributed by atoms with E-state index < -0.39 is 5.97 Å². The van der Waals surface area contributed by atoms with Crippen LogP contribution < -0.4 is 4.90 Å². The van der Waals surface area contributed by atoms with Gasteiger partial charge in [-0.05, 0) is 91.5 Å². The standard InChI is InChI=1S/C32H37NO5/c1-19(34)25-11-12-26-24-10-9-21-17-23(35)13-14-31(21,2)29(24)27(18-32(25,26)3)38-30(37)20-6-4-7-22(16-20)33-15-5-8-28(33)36/h4,6-7,9-10,16-17,24-27,29H,5,8,11-15,18H2,1-3H3/t24-,25+,26-,27-,29-,31+,32+/m0/s1. The second kappa shape index (κ2) is 9.03. The van der Waals surface area contributed by atoms with Gasteiger partial charge in [0.05, 0.1) is 5.56 Å². The summed E-state index contributed by atoms with van der Waals surface area (Å²) in [6.07, 6.45) is 10.9. The Morgan fingerprint density at radius 1 is 1.11 bits per heavy atom. The normalized spacial score (nSPS) is 37.8. The molecule has 6 rings (SSSR count). The van der Waals surface area contributed by atoms with Gasteiger partial charge in [-0.2, -0.15) is 0 Å². The third-order valence-corrected chi connectivity index (χ3v) is 10.6. The number of ketones is 2. The first kappa shape index (κ1) is 25.3. The Bertz CT molecular complexity index is 1280. The molecule has 1 aromatic rings. The van der Waals surface area contributed by atoms with E-state index in [2.05, 4.69) is 26.0 Å². The molecule has 0 N–H and O–H groups in total. The number of Topliss-reactive ketones (excluding diaryl/α,β-unsaturated/α-hetero) is 1. The lowest BCUT2D eigenvalue weighted by molar-refractivity contribution is -0.136. The molecule has 4 aliphatic carbocycles. The van der Waals surface area contributed by atoms with Crippen LogP contribution in [0.25, 0.3) is 0 Å². The molecule has 0 unspecified atom stereocenters. The zero-order valence-corrected chi connectivity index (χ0v) is 22.6. The van der Waals surface area contributed by atoms with Crippen molar-refractivity contribution in [1.29, 1.82) is 0 Å². The minimum Gasteiger partial charge on any atom is -0.458 e. The summed E-state index contributed by atoms with van der Waals surface area (Å²) in [5.41, 5.74) is 1.69. The molecule has 38 heavy (non-hydrogen) atoms. The quantitative estimate of drug-likeness (QED) is 0.498. The fourth-order valence-corrected chi connectivity index (χ4v) is 8.80. The van der Waals surface area contributed by atoms with Gasteiger partial charge in [-0.3, -0.25) is 14.4 Å². The van der Waals surface area contributed by atoms with E-state index in [0.717, 1.165) is 36.9 Å². The molecule has 0 bridgehead atoms. The van der Waals surface area contributed by atoms with Crippen molar-refractivity contribution in [3.63, 3.8) is 0 Å². The van der Waals surface area contributed by atoms with E-state index in [1.54, 1.807) is 36.1 Å². The van der Waals surface area contributed by atoms with Crippen LogP contribution in [0.1, 0.15) is 76.1 Å². The molecule has 1 amide bonds. The highest BCUT2D eigenvalue weighted by Crippen LogP contribution is 2.65. The monoisotopic (exact) mass is 515 g/mol. The molecule has 1 saturated heterocycles. The largest absolute Gasteiger partial charge is 0.458 e. The Kier molecular flexibility index (Phi) is 6.00. The highest BCUT2D eigenvalue weighted by Gasteiger charge is 2.63. The van der Waals surface area contributed by atoms with Gasteiger partial charge in [0.1, 0.15) is 11.9 Å². The van der Waals surface area contributed by atoms with Gasteiger partial charge in [0, 0.05) is 36.9 Å². The number of amides is 1. The van der Waals surface area contributed by atoms with Crippen molar-refractivity contribution in [2.45, 2.75) is 71.8 Å². The van der Waals surface area contributed by atoms with Crippen molar-refractivity contribution in [1.82, 2.24) is 0 Å². The lowest BCUT2D eigenvalue weighted by Gasteiger charge is -2.58. The number of fused-ring (bicyclic) bond motifs is 5. The number of rotatable bonds is 4. The first-order chi connectivity index (χ1) is 18.1. The lowest BCUT2D eigenvalue weighted by Crippen LogP contribution is -2.56. The highest BCUT2D eigenvalue weighted by atomic mass is 16.5. The van der Waals surface area contributed by atoms with Gasteiger partial charge in [-0.25, -0.2) is 4.79 Å². The van der Waals surface area contributed by atoms with Crippen LogP contribution in [-0.2, 0) is 19.1 Å². The zero-order valence-electron chi connectivity index (χ0n) is 22.6. The molecule has 7 atom stereocenters. The fraction of sp³-hybridized carbons (Fsp3) is 0.562. The third-order valence-electron chi connectivity index (χ3n) is 10.6. The SMILES string of the molecule is CC(=O)[C@H]1CC[C@H]2[C@@H]3C=CC4=CC(=O)CC[C@@]4(C)[C@@H]3[C@@H](OC(=O)c3cccc(N4CCCC4=O)c3)C[C@]12C.